The summed E-state index contributed by atoms with van der Waals surface area (Å²) in [5, 5.41) is 0. The Labute approximate surface area is 76.4 Å². The molecule has 0 N–H and O–H groups in total. The van der Waals surface area contributed by atoms with E-state index < -0.39 is 0 Å². The standard InChI is InChI=1S/C10H20N2/c1-4-8-12(9-5-2)10-6-7-11-3/h4-10H2,1-2H3. The molecule has 0 spiro atoms. The lowest BCUT2D eigenvalue weighted by molar-refractivity contribution is 0.274. The molecule has 0 saturated carbocycles. The van der Waals surface area contributed by atoms with Crippen molar-refractivity contribution < 1.29 is 0 Å². The molecule has 0 atom stereocenters. The van der Waals surface area contributed by atoms with E-state index in [-0.39, 0.29) is 0 Å². The van der Waals surface area contributed by atoms with Gasteiger partial charge in [0.15, 0.2) is 0 Å². The Bertz CT molecular complexity index is 120. The van der Waals surface area contributed by atoms with Gasteiger partial charge in [0.05, 0.1) is 0 Å². The fraction of sp³-hybridized carbons (Fsp3) is 0.900. The predicted octanol–water partition coefficient (Wildman–Crippen LogP) is 2.42. The van der Waals surface area contributed by atoms with Gasteiger partial charge in [-0.05, 0) is 25.9 Å². The largest absolute Gasteiger partial charge is 0.317 e. The predicted molar refractivity (Wildman–Crippen MR) is 53.1 cm³/mol. The van der Waals surface area contributed by atoms with E-state index in [9.17, 15) is 0 Å². The first kappa shape index (κ1) is 11.4. The van der Waals surface area contributed by atoms with Crippen molar-refractivity contribution in [1.29, 1.82) is 0 Å². The van der Waals surface area contributed by atoms with Crippen LogP contribution in [0.25, 0.3) is 4.85 Å². The fourth-order valence-electron chi connectivity index (χ4n) is 1.34. The lowest BCUT2D eigenvalue weighted by Crippen LogP contribution is -2.26. The van der Waals surface area contributed by atoms with Crippen molar-refractivity contribution in [2.45, 2.75) is 33.1 Å². The lowest BCUT2D eigenvalue weighted by Gasteiger charge is -2.19. The third-order valence-electron chi connectivity index (χ3n) is 1.82. The average Bonchev–Trinajstić information content (AvgIpc) is 2.06. The second-order valence-electron chi connectivity index (χ2n) is 3.08. The highest BCUT2D eigenvalue weighted by Crippen LogP contribution is 1.96. The number of rotatable bonds is 7. The van der Waals surface area contributed by atoms with E-state index in [1.165, 1.54) is 25.9 Å². The van der Waals surface area contributed by atoms with Crippen LogP contribution in [0.4, 0.5) is 0 Å². The molecule has 0 amide bonds. The van der Waals surface area contributed by atoms with Crippen LogP contribution >= 0.6 is 0 Å². The van der Waals surface area contributed by atoms with Crippen LogP contribution in [-0.4, -0.2) is 31.1 Å². The van der Waals surface area contributed by atoms with Gasteiger partial charge in [0.2, 0.25) is 6.54 Å². The summed E-state index contributed by atoms with van der Waals surface area (Å²) in [7, 11) is 0. The quantitative estimate of drug-likeness (QED) is 0.418. The van der Waals surface area contributed by atoms with Crippen LogP contribution in [-0.2, 0) is 0 Å². The van der Waals surface area contributed by atoms with E-state index in [4.69, 9.17) is 6.57 Å². The topological polar surface area (TPSA) is 7.60 Å². The highest BCUT2D eigenvalue weighted by Gasteiger charge is 2.01. The van der Waals surface area contributed by atoms with Gasteiger partial charge < -0.3 is 9.74 Å². The molecule has 0 rings (SSSR count). The van der Waals surface area contributed by atoms with Crippen LogP contribution in [0.1, 0.15) is 33.1 Å². The third-order valence-corrected chi connectivity index (χ3v) is 1.82. The molecule has 0 saturated heterocycles. The fourth-order valence-corrected chi connectivity index (χ4v) is 1.34. The minimum absolute atomic E-state index is 0.684. The summed E-state index contributed by atoms with van der Waals surface area (Å²) < 4.78 is 0. The molecule has 0 aliphatic carbocycles. The SMILES string of the molecule is [C-]#[N+]CCCN(CCC)CCC. The van der Waals surface area contributed by atoms with Crippen molar-refractivity contribution in [2.75, 3.05) is 26.2 Å². The molecule has 0 unspecified atom stereocenters. The van der Waals surface area contributed by atoms with Gasteiger partial charge in [-0.1, -0.05) is 13.8 Å². The van der Waals surface area contributed by atoms with Crippen molar-refractivity contribution in [3.63, 3.8) is 0 Å². The summed E-state index contributed by atoms with van der Waals surface area (Å²) in [5.74, 6) is 0. The number of hydrogen-bond acceptors (Lipinski definition) is 1. The van der Waals surface area contributed by atoms with Gasteiger partial charge in [0.1, 0.15) is 0 Å². The molecule has 0 bridgehead atoms. The zero-order valence-corrected chi connectivity index (χ0v) is 8.34. The molecule has 0 heterocycles. The Hall–Kier alpha value is -0.550. The number of hydrogen-bond donors (Lipinski definition) is 0. The molecule has 12 heavy (non-hydrogen) atoms. The zero-order chi connectivity index (χ0) is 9.23. The van der Waals surface area contributed by atoms with E-state index in [0.29, 0.717) is 6.54 Å². The van der Waals surface area contributed by atoms with Gasteiger partial charge in [-0.3, -0.25) is 0 Å². The van der Waals surface area contributed by atoms with E-state index >= 15 is 0 Å². The Morgan fingerprint density at radius 3 is 2.08 bits per heavy atom. The third kappa shape index (κ3) is 6.18. The van der Waals surface area contributed by atoms with E-state index in [2.05, 4.69) is 23.6 Å². The Morgan fingerprint density at radius 2 is 1.67 bits per heavy atom. The highest BCUT2D eigenvalue weighted by molar-refractivity contribution is 4.62. The molecule has 2 heteroatoms. The first-order valence-corrected chi connectivity index (χ1v) is 4.90. The molecule has 0 aliphatic heterocycles. The summed E-state index contributed by atoms with van der Waals surface area (Å²) in [6.07, 6.45) is 3.47. The van der Waals surface area contributed by atoms with E-state index in [0.717, 1.165) is 13.0 Å². The first-order chi connectivity index (χ1) is 5.85. The summed E-state index contributed by atoms with van der Waals surface area (Å²) in [6.45, 7) is 15.2. The maximum Gasteiger partial charge on any atom is 0.215 e. The summed E-state index contributed by atoms with van der Waals surface area (Å²) in [5.41, 5.74) is 0. The molecule has 0 aromatic heterocycles. The van der Waals surface area contributed by atoms with Crippen LogP contribution in [0.5, 0.6) is 0 Å². The molecule has 70 valence electrons. The van der Waals surface area contributed by atoms with Gasteiger partial charge in [-0.2, -0.15) is 0 Å². The monoisotopic (exact) mass is 168 g/mol. The second-order valence-corrected chi connectivity index (χ2v) is 3.08. The molecule has 0 fully saturated rings. The lowest BCUT2D eigenvalue weighted by atomic mass is 10.3. The summed E-state index contributed by atoms with van der Waals surface area (Å²) in [4.78, 5) is 5.80. The molecule has 2 nitrogen and oxygen atoms in total. The van der Waals surface area contributed by atoms with E-state index in [1.807, 2.05) is 0 Å². The molecular formula is C10H20N2. The summed E-state index contributed by atoms with van der Waals surface area (Å²) in [6, 6.07) is 0. The van der Waals surface area contributed by atoms with Crippen LogP contribution < -0.4 is 0 Å². The normalized spacial score (nSPS) is 10.2. The Kier molecular flexibility index (Phi) is 8.15. The van der Waals surface area contributed by atoms with Crippen molar-refractivity contribution in [3.8, 4) is 0 Å². The zero-order valence-electron chi connectivity index (χ0n) is 8.34. The molecule has 0 aromatic carbocycles. The van der Waals surface area contributed by atoms with Crippen LogP contribution in [0, 0.1) is 6.57 Å². The van der Waals surface area contributed by atoms with Crippen molar-refractivity contribution in [1.82, 2.24) is 4.90 Å². The molecule has 0 radical (unpaired) electrons. The maximum atomic E-state index is 6.66. The van der Waals surface area contributed by atoms with Crippen LogP contribution in [0.15, 0.2) is 0 Å². The van der Waals surface area contributed by atoms with Gasteiger partial charge in [-0.15, -0.1) is 0 Å². The van der Waals surface area contributed by atoms with Gasteiger partial charge >= 0.3 is 0 Å². The molecule has 0 aromatic rings. The summed E-state index contributed by atoms with van der Waals surface area (Å²) >= 11 is 0. The molecular weight excluding hydrogens is 148 g/mol. The van der Waals surface area contributed by atoms with Gasteiger partial charge in [0, 0.05) is 13.0 Å². The van der Waals surface area contributed by atoms with Crippen molar-refractivity contribution in [3.05, 3.63) is 11.4 Å². The van der Waals surface area contributed by atoms with Crippen molar-refractivity contribution >= 4 is 0 Å². The van der Waals surface area contributed by atoms with Crippen molar-refractivity contribution in [2.24, 2.45) is 0 Å². The number of nitrogens with zero attached hydrogens (tertiary/aromatic N) is 2. The second kappa shape index (κ2) is 8.55. The maximum absolute atomic E-state index is 6.66. The minimum atomic E-state index is 0.684. The average molecular weight is 168 g/mol. The van der Waals surface area contributed by atoms with Crippen LogP contribution in [0.3, 0.4) is 0 Å². The van der Waals surface area contributed by atoms with E-state index in [1.54, 1.807) is 0 Å². The molecule has 0 aliphatic rings. The van der Waals surface area contributed by atoms with Crippen LogP contribution in [0.2, 0.25) is 0 Å². The van der Waals surface area contributed by atoms with Gasteiger partial charge in [-0.25, -0.2) is 6.57 Å². The highest BCUT2D eigenvalue weighted by atomic mass is 15.1. The Morgan fingerprint density at radius 1 is 1.08 bits per heavy atom. The smallest absolute Gasteiger partial charge is 0.215 e. The van der Waals surface area contributed by atoms with Gasteiger partial charge in [0.25, 0.3) is 0 Å². The minimum Gasteiger partial charge on any atom is -0.317 e. The first-order valence-electron chi connectivity index (χ1n) is 4.90. The Balaban J connectivity index is 3.42.